The molecule has 1 aliphatic rings. The molecule has 0 unspecified atom stereocenters. The Morgan fingerprint density at radius 3 is 1.95 bits per heavy atom. The third-order valence-corrected chi connectivity index (χ3v) is 5.44. The van der Waals surface area contributed by atoms with Crippen LogP contribution in [0.3, 0.4) is 0 Å². The summed E-state index contributed by atoms with van der Waals surface area (Å²) >= 11 is 0. The van der Waals surface area contributed by atoms with Gasteiger partial charge in [-0.25, -0.2) is 0 Å². The van der Waals surface area contributed by atoms with Gasteiger partial charge in [-0.15, -0.1) is 0 Å². The highest BCUT2D eigenvalue weighted by molar-refractivity contribution is 5.85. The lowest BCUT2D eigenvalue weighted by atomic mass is 9.73. The Bertz CT molecular complexity index is 338. The van der Waals surface area contributed by atoms with Crippen LogP contribution in [0, 0.1) is 22.2 Å². The van der Waals surface area contributed by atoms with Crippen molar-refractivity contribution in [1.82, 2.24) is 4.90 Å². The summed E-state index contributed by atoms with van der Waals surface area (Å²) in [5.74, 6) is 0.0563. The molecule has 0 aromatic carbocycles. The van der Waals surface area contributed by atoms with E-state index in [9.17, 15) is 10.1 Å². The van der Waals surface area contributed by atoms with Crippen molar-refractivity contribution in [2.24, 2.45) is 10.8 Å². The van der Waals surface area contributed by atoms with Gasteiger partial charge in [-0.2, -0.15) is 5.26 Å². The Hall–Kier alpha value is -1.04. The fourth-order valence-electron chi connectivity index (χ4n) is 3.20. The maximum absolute atomic E-state index is 12.6. The van der Waals surface area contributed by atoms with Crippen LogP contribution in [0.2, 0.25) is 0 Å². The van der Waals surface area contributed by atoms with E-state index in [0.717, 1.165) is 25.9 Å². The lowest BCUT2D eigenvalue weighted by Crippen LogP contribution is -2.48. The highest BCUT2D eigenvalue weighted by Gasteiger charge is 2.41. The van der Waals surface area contributed by atoms with Crippen LogP contribution in [0.5, 0.6) is 0 Å². The number of rotatable bonds is 5. The first kappa shape index (κ1) is 16.0. The summed E-state index contributed by atoms with van der Waals surface area (Å²) in [4.78, 5) is 14.5. The van der Waals surface area contributed by atoms with E-state index in [1.165, 1.54) is 12.8 Å². The second kappa shape index (κ2) is 6.41. The minimum absolute atomic E-state index is 0.0563. The van der Waals surface area contributed by atoms with Crippen molar-refractivity contribution < 1.29 is 4.79 Å². The summed E-state index contributed by atoms with van der Waals surface area (Å²) in [5, 5.41) is 9.38. The number of carbonyl (C=O) groups is 1. The van der Waals surface area contributed by atoms with Crippen molar-refractivity contribution in [1.29, 1.82) is 5.26 Å². The van der Waals surface area contributed by atoms with Crippen molar-refractivity contribution in [3.05, 3.63) is 0 Å². The monoisotopic (exact) mass is 264 g/mol. The molecule has 1 saturated heterocycles. The number of nitrogens with zero attached hydrogens (tertiary/aromatic N) is 2. The van der Waals surface area contributed by atoms with Gasteiger partial charge in [0.25, 0.3) is 0 Å². The quantitative estimate of drug-likeness (QED) is 0.759. The van der Waals surface area contributed by atoms with Crippen LogP contribution < -0.4 is 0 Å². The molecule has 0 bridgehead atoms. The van der Waals surface area contributed by atoms with Gasteiger partial charge in [0.15, 0.2) is 0 Å². The first-order chi connectivity index (χ1) is 9.03. The number of nitriles is 1. The van der Waals surface area contributed by atoms with Crippen molar-refractivity contribution in [2.75, 3.05) is 13.1 Å². The minimum atomic E-state index is -0.793. The average molecular weight is 264 g/mol. The molecule has 0 aromatic heterocycles. The second-order valence-electron chi connectivity index (χ2n) is 5.90. The van der Waals surface area contributed by atoms with Gasteiger partial charge >= 0.3 is 0 Å². The summed E-state index contributed by atoms with van der Waals surface area (Å²) in [7, 11) is 0. The van der Waals surface area contributed by atoms with Crippen LogP contribution in [0.25, 0.3) is 0 Å². The Morgan fingerprint density at radius 2 is 1.63 bits per heavy atom. The van der Waals surface area contributed by atoms with Gasteiger partial charge in [0.05, 0.1) is 6.07 Å². The van der Waals surface area contributed by atoms with Gasteiger partial charge in [0.2, 0.25) is 5.91 Å². The smallest absolute Gasteiger partial charge is 0.243 e. The highest BCUT2D eigenvalue weighted by atomic mass is 16.2. The third kappa shape index (κ3) is 2.94. The molecule has 3 nitrogen and oxygen atoms in total. The van der Waals surface area contributed by atoms with E-state index < -0.39 is 5.41 Å². The molecule has 0 N–H and O–H groups in total. The summed E-state index contributed by atoms with van der Waals surface area (Å²) in [6.45, 7) is 10.0. The summed E-state index contributed by atoms with van der Waals surface area (Å²) in [6.07, 6.45) is 5.78. The Labute approximate surface area is 118 Å². The average Bonchev–Trinajstić information content (AvgIpc) is 2.49. The van der Waals surface area contributed by atoms with Gasteiger partial charge in [-0.05, 0) is 31.1 Å². The molecule has 0 aromatic rings. The summed E-state index contributed by atoms with van der Waals surface area (Å²) in [6, 6.07) is 2.27. The van der Waals surface area contributed by atoms with Gasteiger partial charge in [-0.1, -0.05) is 40.5 Å². The molecule has 108 valence electrons. The van der Waals surface area contributed by atoms with E-state index in [2.05, 4.69) is 19.9 Å². The zero-order chi connectivity index (χ0) is 14.5. The fourth-order valence-corrected chi connectivity index (χ4v) is 3.20. The molecule has 19 heavy (non-hydrogen) atoms. The second-order valence-corrected chi connectivity index (χ2v) is 5.90. The zero-order valence-corrected chi connectivity index (χ0v) is 13.0. The first-order valence-electron chi connectivity index (χ1n) is 7.73. The fraction of sp³-hybridized carbons (Fsp3) is 0.875. The van der Waals surface area contributed by atoms with E-state index in [0.29, 0.717) is 18.3 Å². The molecule has 0 spiro atoms. The number of likely N-dealkylation sites (tertiary alicyclic amines) is 1. The van der Waals surface area contributed by atoms with Crippen molar-refractivity contribution in [3.63, 3.8) is 0 Å². The molecular weight excluding hydrogens is 236 g/mol. The number of hydrogen-bond donors (Lipinski definition) is 0. The Kier molecular flexibility index (Phi) is 5.40. The maximum atomic E-state index is 12.6. The van der Waals surface area contributed by atoms with Crippen LogP contribution in [-0.4, -0.2) is 23.9 Å². The third-order valence-electron chi connectivity index (χ3n) is 5.44. The van der Waals surface area contributed by atoms with E-state index in [4.69, 9.17) is 0 Å². The van der Waals surface area contributed by atoms with Crippen LogP contribution >= 0.6 is 0 Å². The predicted molar refractivity (Wildman–Crippen MR) is 77.5 cm³/mol. The van der Waals surface area contributed by atoms with Gasteiger partial charge in [-0.3, -0.25) is 4.79 Å². The Balaban J connectivity index is 2.75. The van der Waals surface area contributed by atoms with Crippen LogP contribution in [-0.2, 0) is 4.79 Å². The van der Waals surface area contributed by atoms with E-state index in [-0.39, 0.29) is 5.91 Å². The molecule has 0 aliphatic carbocycles. The molecule has 1 heterocycles. The standard InChI is InChI=1S/C16H28N2O/c1-5-15(6-2)9-11-18(12-10-15)14(19)16(7-3,8-4)13-17/h5-12H2,1-4H3. The zero-order valence-electron chi connectivity index (χ0n) is 13.0. The first-order valence-corrected chi connectivity index (χ1v) is 7.73. The van der Waals surface area contributed by atoms with E-state index in [1.54, 1.807) is 0 Å². The molecule has 0 radical (unpaired) electrons. The molecule has 0 atom stereocenters. The molecule has 3 heteroatoms. The van der Waals surface area contributed by atoms with E-state index >= 15 is 0 Å². The number of hydrogen-bond acceptors (Lipinski definition) is 2. The predicted octanol–water partition coefficient (Wildman–Crippen LogP) is 3.75. The molecule has 0 saturated carbocycles. The topological polar surface area (TPSA) is 44.1 Å². The minimum Gasteiger partial charge on any atom is -0.341 e. The van der Waals surface area contributed by atoms with Crippen LogP contribution in [0.1, 0.15) is 66.2 Å². The molecule has 1 amide bonds. The SMILES string of the molecule is CCC1(CC)CCN(C(=O)C(C#N)(CC)CC)CC1. The maximum Gasteiger partial charge on any atom is 0.243 e. The van der Waals surface area contributed by atoms with Crippen molar-refractivity contribution in [2.45, 2.75) is 66.2 Å². The van der Waals surface area contributed by atoms with Crippen molar-refractivity contribution >= 4 is 5.91 Å². The van der Waals surface area contributed by atoms with E-state index in [1.807, 2.05) is 18.7 Å². The van der Waals surface area contributed by atoms with Crippen molar-refractivity contribution in [3.8, 4) is 6.07 Å². The lowest BCUT2D eigenvalue weighted by Gasteiger charge is -2.43. The molecular formula is C16H28N2O. The number of carbonyl (C=O) groups excluding carboxylic acids is 1. The molecule has 1 aliphatic heterocycles. The normalized spacial score (nSPS) is 19.0. The number of piperidine rings is 1. The van der Waals surface area contributed by atoms with Crippen LogP contribution in [0.4, 0.5) is 0 Å². The van der Waals surface area contributed by atoms with Gasteiger partial charge in [0.1, 0.15) is 5.41 Å². The number of amides is 1. The lowest BCUT2D eigenvalue weighted by molar-refractivity contribution is -0.142. The summed E-state index contributed by atoms with van der Waals surface area (Å²) in [5.41, 5.74) is -0.372. The largest absolute Gasteiger partial charge is 0.341 e. The van der Waals surface area contributed by atoms with Gasteiger partial charge < -0.3 is 4.90 Å². The summed E-state index contributed by atoms with van der Waals surface area (Å²) < 4.78 is 0. The van der Waals surface area contributed by atoms with Crippen LogP contribution in [0.15, 0.2) is 0 Å². The molecule has 1 fully saturated rings. The molecule has 1 rings (SSSR count). The van der Waals surface area contributed by atoms with Gasteiger partial charge in [0, 0.05) is 13.1 Å². The Morgan fingerprint density at radius 1 is 1.16 bits per heavy atom. The highest BCUT2D eigenvalue weighted by Crippen LogP contribution is 2.39.